The van der Waals surface area contributed by atoms with Crippen LogP contribution in [0.1, 0.15) is 32.6 Å². The van der Waals surface area contributed by atoms with E-state index in [0.717, 1.165) is 22.6 Å². The number of aromatic nitrogens is 2. The molecule has 0 aliphatic heterocycles. The summed E-state index contributed by atoms with van der Waals surface area (Å²) in [5, 5.41) is 0. The molecule has 0 spiro atoms. The quantitative estimate of drug-likeness (QED) is 0.569. The van der Waals surface area contributed by atoms with Crippen molar-refractivity contribution < 1.29 is 0 Å². The van der Waals surface area contributed by atoms with E-state index in [-0.39, 0.29) is 6.04 Å². The second-order valence-electron chi connectivity index (χ2n) is 4.46. The third kappa shape index (κ3) is 5.64. The predicted molar refractivity (Wildman–Crippen MR) is 107 cm³/mol. The first kappa shape index (κ1) is 21.1. The van der Waals surface area contributed by atoms with Crippen molar-refractivity contribution in [1.82, 2.24) is 14.9 Å². The van der Waals surface area contributed by atoms with Crippen LogP contribution in [0.3, 0.4) is 0 Å². The molecule has 0 radical (unpaired) electrons. The third-order valence-electron chi connectivity index (χ3n) is 3.29. The maximum absolute atomic E-state index is 4.63. The summed E-state index contributed by atoms with van der Waals surface area (Å²) in [6.45, 7) is 13.7. The number of imidazole rings is 1. The third-order valence-corrected chi connectivity index (χ3v) is 3.29. The van der Waals surface area contributed by atoms with Gasteiger partial charge in [0, 0.05) is 12.7 Å². The van der Waals surface area contributed by atoms with Crippen LogP contribution in [0.5, 0.6) is 0 Å². The van der Waals surface area contributed by atoms with Crippen molar-refractivity contribution >= 4 is 23.7 Å². The van der Waals surface area contributed by atoms with Crippen LogP contribution in [0.15, 0.2) is 61.3 Å². The van der Waals surface area contributed by atoms with Gasteiger partial charge in [0.1, 0.15) is 5.82 Å². The average molecular weight is 332 g/mol. The predicted octanol–water partition coefficient (Wildman–Crippen LogP) is 5.38. The van der Waals surface area contributed by atoms with Gasteiger partial charge >= 0.3 is 0 Å². The first-order chi connectivity index (χ1) is 11.2. The van der Waals surface area contributed by atoms with Gasteiger partial charge in [-0.05, 0) is 37.5 Å². The lowest BCUT2D eigenvalue weighted by Gasteiger charge is -2.26. The van der Waals surface area contributed by atoms with E-state index in [1.54, 1.807) is 12.3 Å². The molecule has 0 fully saturated rings. The van der Waals surface area contributed by atoms with Gasteiger partial charge in [-0.25, -0.2) is 4.98 Å². The minimum Gasteiger partial charge on any atom is -0.365 e. The van der Waals surface area contributed by atoms with E-state index < -0.39 is 0 Å². The van der Waals surface area contributed by atoms with E-state index in [1.807, 2.05) is 57.3 Å². The maximum Gasteiger partial charge on any atom is 0.129 e. The zero-order chi connectivity index (χ0) is 17.8. The molecule has 1 N–H and O–H groups in total. The van der Waals surface area contributed by atoms with Crippen molar-refractivity contribution in [3.8, 4) is 0 Å². The van der Waals surface area contributed by atoms with Crippen molar-refractivity contribution in [2.24, 2.45) is 0 Å². The monoisotopic (exact) mass is 331 g/mol. The van der Waals surface area contributed by atoms with E-state index >= 15 is 0 Å². The summed E-state index contributed by atoms with van der Waals surface area (Å²) in [5.74, 6) is 0.945. The fourth-order valence-corrected chi connectivity index (χ4v) is 2.03. The molecule has 0 aliphatic carbocycles. The molecule has 1 unspecified atom stereocenters. The number of rotatable bonds is 5. The highest BCUT2D eigenvalue weighted by atomic mass is 32.1. The van der Waals surface area contributed by atoms with E-state index in [0.29, 0.717) is 0 Å². The van der Waals surface area contributed by atoms with E-state index in [9.17, 15) is 0 Å². The summed E-state index contributed by atoms with van der Waals surface area (Å²) in [4.78, 5) is 10.1. The van der Waals surface area contributed by atoms with Crippen molar-refractivity contribution in [2.45, 2.75) is 26.8 Å². The lowest BCUT2D eigenvalue weighted by molar-refractivity contribution is 0.329. The molecule has 1 atom stereocenters. The smallest absolute Gasteiger partial charge is 0.129 e. The Morgan fingerprint density at radius 2 is 1.87 bits per heavy atom. The first-order valence-corrected chi connectivity index (χ1v) is 8.64. The van der Waals surface area contributed by atoms with Gasteiger partial charge in [-0.1, -0.05) is 45.2 Å². The number of hydrogen-bond acceptors (Lipinski definition) is 3. The standard InChI is InChI=1S/C16H19N3.C2H6.CH4S/c1-5-9-13(6-2)19(4)12(3)16-17-14-10-7-8-11-15(14)18-16;2*1-2/h5-12H,1-2H2,3-4H3,(H,17,18);1-2H3;2H,1H3/b13-9+;;. The number of H-pyrrole nitrogens is 1. The van der Waals surface area contributed by atoms with Crippen LogP contribution >= 0.6 is 12.6 Å². The highest BCUT2D eigenvalue weighted by Gasteiger charge is 2.16. The molecule has 0 saturated heterocycles. The fourth-order valence-electron chi connectivity index (χ4n) is 2.03. The number of allylic oxidation sites excluding steroid dienone is 3. The van der Waals surface area contributed by atoms with Gasteiger partial charge in [0.25, 0.3) is 0 Å². The van der Waals surface area contributed by atoms with Crippen LogP contribution in [0.25, 0.3) is 11.0 Å². The molecule has 4 heteroatoms. The molecule has 1 aromatic carbocycles. The zero-order valence-electron chi connectivity index (χ0n) is 14.9. The number of likely N-dealkylation sites (N-methyl/N-ethyl adjacent to an activating group) is 1. The van der Waals surface area contributed by atoms with Gasteiger partial charge in [0.2, 0.25) is 0 Å². The highest BCUT2D eigenvalue weighted by Crippen LogP contribution is 2.23. The Morgan fingerprint density at radius 3 is 2.39 bits per heavy atom. The zero-order valence-corrected chi connectivity index (χ0v) is 15.8. The number of hydrogen-bond donors (Lipinski definition) is 2. The Morgan fingerprint density at radius 1 is 1.26 bits per heavy atom. The molecule has 3 nitrogen and oxygen atoms in total. The van der Waals surface area contributed by atoms with Crippen molar-refractivity contribution in [3.63, 3.8) is 0 Å². The minimum atomic E-state index is 0.136. The molecule has 0 aliphatic rings. The Kier molecular flexibility index (Phi) is 10.6. The summed E-state index contributed by atoms with van der Waals surface area (Å²) in [5.41, 5.74) is 3.07. The van der Waals surface area contributed by atoms with Gasteiger partial charge in [-0.15, -0.1) is 0 Å². The van der Waals surface area contributed by atoms with Crippen LogP contribution < -0.4 is 0 Å². The number of benzene rings is 1. The summed E-state index contributed by atoms with van der Waals surface area (Å²) in [6, 6.07) is 8.18. The van der Waals surface area contributed by atoms with E-state index in [1.165, 1.54) is 0 Å². The van der Waals surface area contributed by atoms with Gasteiger partial charge in [0.15, 0.2) is 0 Å². The Hall–Kier alpha value is -1.94. The lowest BCUT2D eigenvalue weighted by atomic mass is 10.2. The van der Waals surface area contributed by atoms with Crippen molar-refractivity contribution in [2.75, 3.05) is 13.3 Å². The molecule has 1 aromatic heterocycles. The molecular formula is C19H29N3S. The highest BCUT2D eigenvalue weighted by molar-refractivity contribution is 7.79. The Labute approximate surface area is 146 Å². The van der Waals surface area contributed by atoms with E-state index in [4.69, 9.17) is 0 Å². The fraction of sp³-hybridized carbons (Fsp3) is 0.316. The molecule has 2 rings (SSSR count). The summed E-state index contributed by atoms with van der Waals surface area (Å²) in [7, 11) is 2.02. The van der Waals surface area contributed by atoms with Crippen LogP contribution in [-0.2, 0) is 0 Å². The molecule has 2 aromatic rings. The molecule has 23 heavy (non-hydrogen) atoms. The van der Waals surface area contributed by atoms with Gasteiger partial charge in [-0.3, -0.25) is 0 Å². The molecule has 0 saturated carbocycles. The Bertz CT molecular complexity index is 595. The number of fused-ring (bicyclic) bond motifs is 1. The summed E-state index contributed by atoms with van der Waals surface area (Å²) in [6.07, 6.45) is 7.21. The number of nitrogens with one attached hydrogen (secondary N) is 1. The maximum atomic E-state index is 4.63. The summed E-state index contributed by atoms with van der Waals surface area (Å²) >= 11 is 3.53. The lowest BCUT2D eigenvalue weighted by Crippen LogP contribution is -2.21. The topological polar surface area (TPSA) is 31.9 Å². The normalized spacial score (nSPS) is 11.5. The molecule has 1 heterocycles. The van der Waals surface area contributed by atoms with Crippen LogP contribution in [0.2, 0.25) is 0 Å². The van der Waals surface area contributed by atoms with Gasteiger partial charge < -0.3 is 9.88 Å². The van der Waals surface area contributed by atoms with Crippen LogP contribution in [0.4, 0.5) is 0 Å². The van der Waals surface area contributed by atoms with Crippen LogP contribution in [0, 0.1) is 0 Å². The van der Waals surface area contributed by atoms with Gasteiger partial charge in [-0.2, -0.15) is 12.6 Å². The largest absolute Gasteiger partial charge is 0.365 e. The molecule has 0 bridgehead atoms. The number of para-hydroxylation sites is 2. The van der Waals surface area contributed by atoms with Crippen molar-refractivity contribution in [1.29, 1.82) is 0 Å². The second-order valence-corrected chi connectivity index (χ2v) is 4.46. The minimum absolute atomic E-state index is 0.136. The van der Waals surface area contributed by atoms with E-state index in [2.05, 4.69) is 47.6 Å². The Balaban J connectivity index is 0.00000112. The van der Waals surface area contributed by atoms with Gasteiger partial charge in [0.05, 0.1) is 17.1 Å². The molecular weight excluding hydrogens is 302 g/mol. The SMILES string of the molecule is C=C/C=C(\C=C)N(C)C(C)c1nc2ccccc2[nH]1.CC.CS. The average Bonchev–Trinajstić information content (AvgIpc) is 3.06. The first-order valence-electron chi connectivity index (χ1n) is 7.74. The number of nitrogens with zero attached hydrogens (tertiary/aromatic N) is 2. The van der Waals surface area contributed by atoms with Crippen molar-refractivity contribution in [3.05, 3.63) is 67.2 Å². The number of aromatic amines is 1. The molecule has 126 valence electrons. The number of thiol groups is 1. The summed E-state index contributed by atoms with van der Waals surface area (Å²) < 4.78 is 0. The van der Waals surface area contributed by atoms with Crippen LogP contribution in [-0.4, -0.2) is 28.2 Å². The molecule has 0 amide bonds. The second kappa shape index (κ2) is 11.6.